The molecule has 2 rings (SSSR count). The summed E-state index contributed by atoms with van der Waals surface area (Å²) in [6.07, 6.45) is 3.26. The van der Waals surface area contributed by atoms with Crippen molar-refractivity contribution in [2.75, 3.05) is 5.73 Å². The summed E-state index contributed by atoms with van der Waals surface area (Å²) in [5, 5.41) is 4.15. The van der Waals surface area contributed by atoms with Crippen LogP contribution in [0.25, 0.3) is 0 Å². The number of hydrogen-bond donors (Lipinski definition) is 1. The van der Waals surface area contributed by atoms with Gasteiger partial charge in [0.05, 0.1) is 0 Å². The second-order valence-corrected chi connectivity index (χ2v) is 4.35. The zero-order valence-electron chi connectivity index (χ0n) is 7.62. The van der Waals surface area contributed by atoms with Crippen molar-refractivity contribution >= 4 is 5.82 Å². The molecule has 1 aromatic heterocycles. The Balaban J connectivity index is 1.97. The van der Waals surface area contributed by atoms with Crippen LogP contribution in [0.3, 0.4) is 0 Å². The third-order valence-electron chi connectivity index (χ3n) is 2.79. The first kappa shape index (κ1) is 7.65. The maximum absolute atomic E-state index is 5.51. The van der Waals surface area contributed by atoms with E-state index in [0.717, 1.165) is 12.5 Å². The lowest BCUT2D eigenvalue weighted by atomic mass is 10.1. The van der Waals surface area contributed by atoms with E-state index in [1.807, 2.05) is 16.9 Å². The Bertz CT molecular complexity index is 288. The quantitative estimate of drug-likeness (QED) is 0.722. The molecule has 1 aliphatic rings. The summed E-state index contributed by atoms with van der Waals surface area (Å²) in [7, 11) is 0. The number of anilines is 1. The minimum Gasteiger partial charge on any atom is -0.382 e. The molecule has 0 spiro atoms. The van der Waals surface area contributed by atoms with E-state index in [9.17, 15) is 0 Å². The minimum atomic E-state index is 0.528. The molecular formula is C9H15N3. The van der Waals surface area contributed by atoms with E-state index >= 15 is 0 Å². The van der Waals surface area contributed by atoms with Crippen LogP contribution < -0.4 is 5.73 Å². The third kappa shape index (κ3) is 1.31. The molecule has 1 atom stereocenters. The van der Waals surface area contributed by atoms with Crippen molar-refractivity contribution in [2.24, 2.45) is 11.3 Å². The van der Waals surface area contributed by atoms with Gasteiger partial charge in [-0.2, -0.15) is 5.10 Å². The van der Waals surface area contributed by atoms with Gasteiger partial charge in [0, 0.05) is 12.7 Å². The second-order valence-electron chi connectivity index (χ2n) is 4.35. The minimum absolute atomic E-state index is 0.528. The summed E-state index contributed by atoms with van der Waals surface area (Å²) < 4.78 is 1.94. The van der Waals surface area contributed by atoms with Crippen LogP contribution in [0.5, 0.6) is 0 Å². The highest BCUT2D eigenvalue weighted by atomic mass is 15.3. The number of nitrogens with zero attached hydrogens (tertiary/aromatic N) is 2. The van der Waals surface area contributed by atoms with Crippen molar-refractivity contribution in [2.45, 2.75) is 26.8 Å². The summed E-state index contributed by atoms with van der Waals surface area (Å²) in [4.78, 5) is 0. The first-order valence-corrected chi connectivity index (χ1v) is 4.37. The van der Waals surface area contributed by atoms with Crippen molar-refractivity contribution in [1.29, 1.82) is 0 Å². The first-order chi connectivity index (χ1) is 5.58. The third-order valence-corrected chi connectivity index (χ3v) is 2.79. The SMILES string of the molecule is CC1(C)CC1Cn1ccc(N)n1. The lowest BCUT2D eigenvalue weighted by Gasteiger charge is -2.02. The molecule has 3 heteroatoms. The molecule has 0 radical (unpaired) electrons. The second kappa shape index (κ2) is 2.25. The average molecular weight is 165 g/mol. The van der Waals surface area contributed by atoms with E-state index < -0.39 is 0 Å². The molecular weight excluding hydrogens is 150 g/mol. The monoisotopic (exact) mass is 165 g/mol. The van der Waals surface area contributed by atoms with E-state index in [4.69, 9.17) is 5.73 Å². The number of hydrogen-bond acceptors (Lipinski definition) is 2. The van der Waals surface area contributed by atoms with Crippen molar-refractivity contribution in [1.82, 2.24) is 9.78 Å². The van der Waals surface area contributed by atoms with E-state index in [-0.39, 0.29) is 0 Å². The van der Waals surface area contributed by atoms with Crippen LogP contribution in [0.15, 0.2) is 12.3 Å². The van der Waals surface area contributed by atoms with Gasteiger partial charge in [-0.1, -0.05) is 13.8 Å². The standard InChI is InChI=1S/C9H15N3/c1-9(2)5-7(9)6-12-4-3-8(10)11-12/h3-4,7H,5-6H2,1-2H3,(H2,10,11). The Morgan fingerprint density at radius 2 is 2.42 bits per heavy atom. The average Bonchev–Trinajstić information content (AvgIpc) is 2.41. The van der Waals surface area contributed by atoms with E-state index in [0.29, 0.717) is 11.2 Å². The largest absolute Gasteiger partial charge is 0.382 e. The summed E-state index contributed by atoms with van der Waals surface area (Å²) >= 11 is 0. The van der Waals surface area contributed by atoms with E-state index in [1.165, 1.54) is 6.42 Å². The summed E-state index contributed by atoms with van der Waals surface area (Å²) in [5.74, 6) is 1.41. The van der Waals surface area contributed by atoms with Gasteiger partial charge in [0.25, 0.3) is 0 Å². The molecule has 0 aromatic carbocycles. The topological polar surface area (TPSA) is 43.8 Å². The molecule has 1 unspecified atom stereocenters. The van der Waals surface area contributed by atoms with Crippen LogP contribution in [0.4, 0.5) is 5.82 Å². The summed E-state index contributed by atoms with van der Waals surface area (Å²) in [5.41, 5.74) is 6.04. The Hall–Kier alpha value is -0.990. The van der Waals surface area contributed by atoms with Crippen molar-refractivity contribution < 1.29 is 0 Å². The predicted octanol–water partition coefficient (Wildman–Crippen LogP) is 1.51. The highest BCUT2D eigenvalue weighted by molar-refractivity contribution is 5.23. The molecule has 1 fully saturated rings. The molecule has 66 valence electrons. The molecule has 0 aliphatic heterocycles. The molecule has 0 saturated heterocycles. The maximum atomic E-state index is 5.51. The fraction of sp³-hybridized carbons (Fsp3) is 0.667. The Kier molecular flexibility index (Phi) is 1.43. The summed E-state index contributed by atoms with van der Waals surface area (Å²) in [6, 6.07) is 1.84. The molecule has 2 N–H and O–H groups in total. The smallest absolute Gasteiger partial charge is 0.145 e. The zero-order chi connectivity index (χ0) is 8.77. The van der Waals surface area contributed by atoms with Crippen LogP contribution in [-0.4, -0.2) is 9.78 Å². The predicted molar refractivity (Wildman–Crippen MR) is 48.5 cm³/mol. The van der Waals surface area contributed by atoms with Gasteiger partial charge in [0.15, 0.2) is 0 Å². The van der Waals surface area contributed by atoms with Gasteiger partial charge in [-0.15, -0.1) is 0 Å². The lowest BCUT2D eigenvalue weighted by Crippen LogP contribution is -2.04. The summed E-state index contributed by atoms with van der Waals surface area (Å²) in [6.45, 7) is 5.61. The number of aromatic nitrogens is 2. The van der Waals surface area contributed by atoms with Gasteiger partial charge in [-0.25, -0.2) is 0 Å². The normalized spacial score (nSPS) is 25.7. The van der Waals surface area contributed by atoms with Crippen LogP contribution in [0, 0.1) is 11.3 Å². The van der Waals surface area contributed by atoms with Crippen molar-refractivity contribution in [3.63, 3.8) is 0 Å². The fourth-order valence-corrected chi connectivity index (χ4v) is 1.59. The Morgan fingerprint density at radius 3 is 2.83 bits per heavy atom. The van der Waals surface area contributed by atoms with Gasteiger partial charge in [-0.05, 0) is 23.8 Å². The van der Waals surface area contributed by atoms with Crippen LogP contribution in [0.1, 0.15) is 20.3 Å². The molecule has 1 aliphatic carbocycles. The Labute approximate surface area is 72.6 Å². The molecule has 3 nitrogen and oxygen atoms in total. The maximum Gasteiger partial charge on any atom is 0.145 e. The molecule has 1 heterocycles. The molecule has 1 saturated carbocycles. The zero-order valence-corrected chi connectivity index (χ0v) is 7.62. The first-order valence-electron chi connectivity index (χ1n) is 4.37. The molecule has 12 heavy (non-hydrogen) atoms. The van der Waals surface area contributed by atoms with Gasteiger partial charge in [-0.3, -0.25) is 4.68 Å². The van der Waals surface area contributed by atoms with Crippen LogP contribution in [-0.2, 0) is 6.54 Å². The number of rotatable bonds is 2. The van der Waals surface area contributed by atoms with Crippen molar-refractivity contribution in [3.05, 3.63) is 12.3 Å². The van der Waals surface area contributed by atoms with Crippen LogP contribution >= 0.6 is 0 Å². The molecule has 0 bridgehead atoms. The van der Waals surface area contributed by atoms with Crippen molar-refractivity contribution in [3.8, 4) is 0 Å². The van der Waals surface area contributed by atoms with Gasteiger partial charge < -0.3 is 5.73 Å². The highest BCUT2D eigenvalue weighted by Gasteiger charge is 2.45. The number of nitrogen functional groups attached to an aromatic ring is 1. The lowest BCUT2D eigenvalue weighted by molar-refractivity contribution is 0.473. The highest BCUT2D eigenvalue weighted by Crippen LogP contribution is 2.52. The van der Waals surface area contributed by atoms with E-state index in [2.05, 4.69) is 18.9 Å². The van der Waals surface area contributed by atoms with Gasteiger partial charge in [0.1, 0.15) is 5.82 Å². The molecule has 1 aromatic rings. The molecule has 0 amide bonds. The van der Waals surface area contributed by atoms with Gasteiger partial charge >= 0.3 is 0 Å². The Morgan fingerprint density at radius 1 is 1.75 bits per heavy atom. The van der Waals surface area contributed by atoms with E-state index in [1.54, 1.807) is 0 Å². The van der Waals surface area contributed by atoms with Crippen LogP contribution in [0.2, 0.25) is 0 Å². The number of nitrogens with two attached hydrogens (primary N) is 1. The van der Waals surface area contributed by atoms with Gasteiger partial charge in [0.2, 0.25) is 0 Å². The fourth-order valence-electron chi connectivity index (χ4n) is 1.59.